The van der Waals surface area contributed by atoms with E-state index in [1.807, 2.05) is 0 Å². The monoisotopic (exact) mass is 260 g/mol. The van der Waals surface area contributed by atoms with Gasteiger partial charge in [-0.3, -0.25) is 0 Å². The van der Waals surface area contributed by atoms with Crippen molar-refractivity contribution in [1.29, 1.82) is 0 Å². The number of anilines is 1. The average Bonchev–Trinajstić information content (AvgIpc) is 3.20. The van der Waals surface area contributed by atoms with Crippen molar-refractivity contribution in [3.63, 3.8) is 0 Å². The van der Waals surface area contributed by atoms with Gasteiger partial charge in [-0.2, -0.15) is 0 Å². The lowest BCUT2D eigenvalue weighted by Gasteiger charge is -2.26. The summed E-state index contributed by atoms with van der Waals surface area (Å²) in [5, 5.41) is 3.39. The summed E-state index contributed by atoms with van der Waals surface area (Å²) in [5.74, 6) is 0.951. The first-order valence-corrected chi connectivity index (χ1v) is 7.79. The van der Waals surface area contributed by atoms with Gasteiger partial charge < -0.3 is 10.2 Å². The van der Waals surface area contributed by atoms with E-state index in [0.717, 1.165) is 19.0 Å². The minimum Gasteiger partial charge on any atom is -0.371 e. The van der Waals surface area contributed by atoms with Crippen molar-refractivity contribution in [2.75, 3.05) is 24.5 Å². The highest BCUT2D eigenvalue weighted by Gasteiger charge is 2.24. The number of nitrogens with one attached hydrogen (secondary N) is 1. The van der Waals surface area contributed by atoms with Crippen molar-refractivity contribution in [3.8, 4) is 0 Å². The zero-order valence-electron chi connectivity index (χ0n) is 12.7. The zero-order chi connectivity index (χ0) is 13.7. The highest BCUT2D eigenvalue weighted by Crippen LogP contribution is 2.32. The van der Waals surface area contributed by atoms with Gasteiger partial charge in [0, 0.05) is 25.3 Å². The molecule has 0 atom stereocenters. The van der Waals surface area contributed by atoms with E-state index in [0.29, 0.717) is 0 Å². The maximum atomic E-state index is 3.39. The Morgan fingerprint density at radius 2 is 2.05 bits per heavy atom. The SMILES string of the molecule is CCCN(CC1CC1)c1ccc(CNCC)cc1C. The van der Waals surface area contributed by atoms with Gasteiger partial charge in [0.05, 0.1) is 0 Å². The van der Waals surface area contributed by atoms with Crippen molar-refractivity contribution in [2.45, 2.75) is 46.6 Å². The van der Waals surface area contributed by atoms with Gasteiger partial charge in [0.15, 0.2) is 0 Å². The average molecular weight is 260 g/mol. The molecular weight excluding hydrogens is 232 g/mol. The second kappa shape index (κ2) is 6.95. The van der Waals surface area contributed by atoms with Gasteiger partial charge in [-0.15, -0.1) is 0 Å². The van der Waals surface area contributed by atoms with E-state index in [1.165, 1.54) is 49.2 Å². The summed E-state index contributed by atoms with van der Waals surface area (Å²) >= 11 is 0. The highest BCUT2D eigenvalue weighted by atomic mass is 15.1. The third kappa shape index (κ3) is 4.24. The molecule has 1 aliphatic rings. The quantitative estimate of drug-likeness (QED) is 0.766. The van der Waals surface area contributed by atoms with E-state index in [9.17, 15) is 0 Å². The summed E-state index contributed by atoms with van der Waals surface area (Å²) in [5.41, 5.74) is 4.25. The summed E-state index contributed by atoms with van der Waals surface area (Å²) in [6, 6.07) is 6.94. The first kappa shape index (κ1) is 14.4. The summed E-state index contributed by atoms with van der Waals surface area (Å²) in [4.78, 5) is 2.59. The molecule has 1 aromatic rings. The number of hydrogen-bond donors (Lipinski definition) is 1. The molecule has 1 saturated carbocycles. The van der Waals surface area contributed by atoms with Crippen LogP contribution < -0.4 is 10.2 Å². The van der Waals surface area contributed by atoms with Crippen LogP contribution in [0, 0.1) is 12.8 Å². The van der Waals surface area contributed by atoms with Gasteiger partial charge in [-0.25, -0.2) is 0 Å². The molecule has 0 bridgehead atoms. The largest absolute Gasteiger partial charge is 0.371 e. The minimum absolute atomic E-state index is 0.951. The lowest BCUT2D eigenvalue weighted by molar-refractivity contribution is 0.704. The molecular formula is C17H28N2. The molecule has 0 saturated heterocycles. The van der Waals surface area contributed by atoms with Crippen molar-refractivity contribution < 1.29 is 0 Å². The molecule has 2 heteroatoms. The second-order valence-electron chi connectivity index (χ2n) is 5.79. The molecule has 0 heterocycles. The van der Waals surface area contributed by atoms with Crippen molar-refractivity contribution in [1.82, 2.24) is 5.32 Å². The molecule has 0 aromatic heterocycles. The highest BCUT2D eigenvalue weighted by molar-refractivity contribution is 5.54. The van der Waals surface area contributed by atoms with Gasteiger partial charge in [-0.05, 0) is 55.8 Å². The number of aryl methyl sites for hydroxylation is 1. The Hall–Kier alpha value is -1.02. The predicted octanol–water partition coefficient (Wildman–Crippen LogP) is 3.73. The van der Waals surface area contributed by atoms with Gasteiger partial charge in [0.2, 0.25) is 0 Å². The van der Waals surface area contributed by atoms with Crippen LogP contribution in [0.25, 0.3) is 0 Å². The molecule has 0 amide bonds. The molecule has 19 heavy (non-hydrogen) atoms. The molecule has 1 fully saturated rings. The Balaban J connectivity index is 2.07. The Bertz CT molecular complexity index is 396. The number of nitrogens with zero attached hydrogens (tertiary/aromatic N) is 1. The predicted molar refractivity (Wildman–Crippen MR) is 83.8 cm³/mol. The molecule has 0 spiro atoms. The maximum Gasteiger partial charge on any atom is 0.0396 e. The topological polar surface area (TPSA) is 15.3 Å². The number of hydrogen-bond acceptors (Lipinski definition) is 2. The van der Waals surface area contributed by atoms with E-state index in [-0.39, 0.29) is 0 Å². The lowest BCUT2D eigenvalue weighted by atomic mass is 10.1. The molecule has 2 nitrogen and oxygen atoms in total. The fourth-order valence-electron chi connectivity index (χ4n) is 2.64. The summed E-state index contributed by atoms with van der Waals surface area (Å²) in [7, 11) is 0. The molecule has 0 aliphatic heterocycles. The first-order chi connectivity index (χ1) is 9.24. The third-order valence-electron chi connectivity index (χ3n) is 3.85. The Morgan fingerprint density at radius 1 is 1.26 bits per heavy atom. The van der Waals surface area contributed by atoms with Crippen LogP contribution in [0.15, 0.2) is 18.2 Å². The maximum absolute atomic E-state index is 3.39. The van der Waals surface area contributed by atoms with Crippen molar-refractivity contribution in [2.24, 2.45) is 5.92 Å². The van der Waals surface area contributed by atoms with E-state index < -0.39 is 0 Å². The molecule has 2 rings (SSSR count). The van der Waals surface area contributed by atoms with Crippen LogP contribution >= 0.6 is 0 Å². The smallest absolute Gasteiger partial charge is 0.0396 e. The lowest BCUT2D eigenvalue weighted by Crippen LogP contribution is -2.27. The molecule has 106 valence electrons. The van der Waals surface area contributed by atoms with Crippen LogP contribution in [0.4, 0.5) is 5.69 Å². The van der Waals surface area contributed by atoms with E-state index in [1.54, 1.807) is 0 Å². The van der Waals surface area contributed by atoms with Crippen LogP contribution in [0.1, 0.15) is 44.2 Å². The third-order valence-corrected chi connectivity index (χ3v) is 3.85. The summed E-state index contributed by atoms with van der Waals surface area (Å²) < 4.78 is 0. The van der Waals surface area contributed by atoms with Gasteiger partial charge >= 0.3 is 0 Å². The van der Waals surface area contributed by atoms with Crippen LogP contribution in [-0.4, -0.2) is 19.6 Å². The van der Waals surface area contributed by atoms with Gasteiger partial charge in [-0.1, -0.05) is 26.0 Å². The minimum atomic E-state index is 0.951. The van der Waals surface area contributed by atoms with Crippen molar-refractivity contribution in [3.05, 3.63) is 29.3 Å². The fraction of sp³-hybridized carbons (Fsp3) is 0.647. The second-order valence-corrected chi connectivity index (χ2v) is 5.79. The van der Waals surface area contributed by atoms with E-state index in [4.69, 9.17) is 0 Å². The van der Waals surface area contributed by atoms with Crippen LogP contribution in [0.3, 0.4) is 0 Å². The Morgan fingerprint density at radius 3 is 2.63 bits per heavy atom. The fourth-order valence-corrected chi connectivity index (χ4v) is 2.64. The number of benzene rings is 1. The van der Waals surface area contributed by atoms with E-state index in [2.05, 4.69) is 49.2 Å². The van der Waals surface area contributed by atoms with Gasteiger partial charge in [0.25, 0.3) is 0 Å². The molecule has 1 aromatic carbocycles. The Labute approximate surface area is 118 Å². The summed E-state index contributed by atoms with van der Waals surface area (Å²) in [6.45, 7) is 11.1. The molecule has 1 aliphatic carbocycles. The van der Waals surface area contributed by atoms with Crippen LogP contribution in [0.5, 0.6) is 0 Å². The van der Waals surface area contributed by atoms with Crippen LogP contribution in [0.2, 0.25) is 0 Å². The molecule has 0 radical (unpaired) electrons. The summed E-state index contributed by atoms with van der Waals surface area (Å²) in [6.07, 6.45) is 4.08. The van der Waals surface area contributed by atoms with Gasteiger partial charge in [0.1, 0.15) is 0 Å². The van der Waals surface area contributed by atoms with Crippen LogP contribution in [-0.2, 0) is 6.54 Å². The normalized spacial score (nSPS) is 14.7. The molecule has 1 N–H and O–H groups in total. The number of rotatable bonds is 8. The Kier molecular flexibility index (Phi) is 5.26. The standard InChI is InChI=1S/C17H28N2/c1-4-10-19(13-15-6-7-15)17-9-8-16(11-14(17)3)12-18-5-2/h8-9,11,15,18H,4-7,10,12-13H2,1-3H3. The van der Waals surface area contributed by atoms with Crippen molar-refractivity contribution >= 4 is 5.69 Å². The van der Waals surface area contributed by atoms with E-state index >= 15 is 0 Å². The molecule has 0 unspecified atom stereocenters. The first-order valence-electron chi connectivity index (χ1n) is 7.79. The zero-order valence-corrected chi connectivity index (χ0v) is 12.7.